The number of hydrogen-bond donors (Lipinski definition) is 1. The molecule has 0 radical (unpaired) electrons. The highest BCUT2D eigenvalue weighted by atomic mass is 16.5. The molecule has 0 amide bonds. The van der Waals surface area contributed by atoms with Gasteiger partial charge in [-0.15, -0.1) is 0 Å². The number of fused-ring (bicyclic) bond motifs is 1. The summed E-state index contributed by atoms with van der Waals surface area (Å²) in [6.45, 7) is 8.32. The van der Waals surface area contributed by atoms with E-state index in [1.165, 1.54) is 5.69 Å². The van der Waals surface area contributed by atoms with E-state index < -0.39 is 0 Å². The molecule has 2 aromatic carbocycles. The average molecular weight is 364 g/mol. The van der Waals surface area contributed by atoms with E-state index in [1.807, 2.05) is 31.2 Å². The van der Waals surface area contributed by atoms with Crippen molar-refractivity contribution in [2.45, 2.75) is 33.3 Å². The van der Waals surface area contributed by atoms with Gasteiger partial charge < -0.3 is 14.7 Å². The lowest BCUT2D eigenvalue weighted by Gasteiger charge is -2.21. The number of aliphatic hydroxyl groups is 1. The van der Waals surface area contributed by atoms with Crippen molar-refractivity contribution in [1.82, 2.24) is 4.98 Å². The minimum Gasteiger partial charge on any atom is -0.486 e. The van der Waals surface area contributed by atoms with Gasteiger partial charge in [-0.05, 0) is 44.5 Å². The summed E-state index contributed by atoms with van der Waals surface area (Å²) in [6.07, 6.45) is 0.536. The molecular formula is C23H28N2O2. The molecule has 3 aromatic rings. The van der Waals surface area contributed by atoms with Crippen LogP contribution in [0, 0.1) is 0 Å². The van der Waals surface area contributed by atoms with Crippen LogP contribution < -0.4 is 9.64 Å². The minimum atomic E-state index is -0.214. The number of rotatable bonds is 8. The van der Waals surface area contributed by atoms with Gasteiger partial charge in [-0.2, -0.15) is 0 Å². The fourth-order valence-corrected chi connectivity index (χ4v) is 3.24. The Balaban J connectivity index is 1.96. The Morgan fingerprint density at radius 1 is 0.963 bits per heavy atom. The maximum atomic E-state index is 9.45. The fraction of sp³-hybridized carbons (Fsp3) is 0.348. The largest absolute Gasteiger partial charge is 0.486 e. The Hall–Kier alpha value is -2.59. The van der Waals surface area contributed by atoms with Crippen LogP contribution in [0.5, 0.6) is 5.75 Å². The fourth-order valence-electron chi connectivity index (χ4n) is 3.24. The van der Waals surface area contributed by atoms with Gasteiger partial charge in [-0.1, -0.05) is 37.3 Å². The molecule has 0 aliphatic carbocycles. The number of benzene rings is 2. The van der Waals surface area contributed by atoms with E-state index in [0.29, 0.717) is 0 Å². The molecule has 1 unspecified atom stereocenters. The Morgan fingerprint density at radius 2 is 1.70 bits per heavy atom. The molecule has 4 nitrogen and oxygen atoms in total. The summed E-state index contributed by atoms with van der Waals surface area (Å²) in [5.74, 6) is 0.718. The highest BCUT2D eigenvalue weighted by molar-refractivity contribution is 5.86. The van der Waals surface area contributed by atoms with Crippen LogP contribution in [0.1, 0.15) is 27.2 Å². The van der Waals surface area contributed by atoms with Crippen LogP contribution in [0.4, 0.5) is 5.69 Å². The van der Waals surface area contributed by atoms with Gasteiger partial charge in [0.15, 0.2) is 0 Å². The zero-order valence-corrected chi connectivity index (χ0v) is 16.4. The number of anilines is 1. The molecule has 0 saturated heterocycles. The van der Waals surface area contributed by atoms with Crippen LogP contribution in [0.25, 0.3) is 22.2 Å². The van der Waals surface area contributed by atoms with Crippen molar-refractivity contribution in [2.24, 2.45) is 0 Å². The van der Waals surface area contributed by atoms with Crippen LogP contribution >= 0.6 is 0 Å². The highest BCUT2D eigenvalue weighted by Gasteiger charge is 2.11. The summed E-state index contributed by atoms with van der Waals surface area (Å²) >= 11 is 0. The van der Waals surface area contributed by atoms with E-state index in [4.69, 9.17) is 9.72 Å². The van der Waals surface area contributed by atoms with Crippen molar-refractivity contribution >= 4 is 16.6 Å². The first kappa shape index (κ1) is 19.2. The summed E-state index contributed by atoms with van der Waals surface area (Å²) < 4.78 is 5.98. The van der Waals surface area contributed by atoms with E-state index in [2.05, 4.69) is 49.1 Å². The Bertz CT molecular complexity index is 869. The topological polar surface area (TPSA) is 45.6 Å². The summed E-state index contributed by atoms with van der Waals surface area (Å²) in [5, 5.41) is 10.5. The van der Waals surface area contributed by atoms with Crippen LogP contribution in [0.15, 0.2) is 54.6 Å². The van der Waals surface area contributed by atoms with Gasteiger partial charge >= 0.3 is 0 Å². The molecule has 0 fully saturated rings. The van der Waals surface area contributed by atoms with Gasteiger partial charge in [0.1, 0.15) is 17.4 Å². The third-order valence-corrected chi connectivity index (χ3v) is 4.93. The molecule has 0 bridgehead atoms. The van der Waals surface area contributed by atoms with E-state index in [9.17, 15) is 5.11 Å². The van der Waals surface area contributed by atoms with E-state index in [0.717, 1.165) is 47.4 Å². The molecule has 27 heavy (non-hydrogen) atoms. The van der Waals surface area contributed by atoms with Crippen molar-refractivity contribution in [3.63, 3.8) is 0 Å². The molecule has 0 saturated carbocycles. The molecular weight excluding hydrogens is 336 g/mol. The number of hydrogen-bond acceptors (Lipinski definition) is 4. The van der Waals surface area contributed by atoms with Crippen LogP contribution in [0.2, 0.25) is 0 Å². The third-order valence-electron chi connectivity index (χ3n) is 4.93. The summed E-state index contributed by atoms with van der Waals surface area (Å²) in [4.78, 5) is 7.18. The predicted molar refractivity (Wildman–Crippen MR) is 113 cm³/mol. The predicted octanol–water partition coefficient (Wildman–Crippen LogP) is 4.90. The van der Waals surface area contributed by atoms with Gasteiger partial charge in [-0.25, -0.2) is 4.98 Å². The number of pyridine rings is 1. The first-order valence-electron chi connectivity index (χ1n) is 9.72. The molecule has 0 spiro atoms. The Labute approximate surface area is 161 Å². The molecule has 1 atom stereocenters. The molecule has 0 aliphatic rings. The van der Waals surface area contributed by atoms with Crippen molar-refractivity contribution in [2.75, 3.05) is 24.6 Å². The SMILES string of the molecule is CCC(CO)Oc1cccc2ccc(-c3ccc(N(CC)CC)cc3)nc12. The lowest BCUT2D eigenvalue weighted by atomic mass is 10.1. The van der Waals surface area contributed by atoms with Gasteiger partial charge in [0.05, 0.1) is 12.3 Å². The monoisotopic (exact) mass is 364 g/mol. The molecule has 142 valence electrons. The van der Waals surface area contributed by atoms with E-state index in [1.54, 1.807) is 0 Å². The lowest BCUT2D eigenvalue weighted by Crippen LogP contribution is -2.21. The molecule has 1 N–H and O–H groups in total. The summed E-state index contributed by atoms with van der Waals surface area (Å²) in [6, 6.07) is 18.6. The summed E-state index contributed by atoms with van der Waals surface area (Å²) in [5.41, 5.74) is 4.05. The first-order valence-corrected chi connectivity index (χ1v) is 9.72. The van der Waals surface area contributed by atoms with Crippen molar-refractivity contribution < 1.29 is 9.84 Å². The quantitative estimate of drug-likeness (QED) is 0.618. The Kier molecular flexibility index (Phi) is 6.30. The van der Waals surface area contributed by atoms with Gasteiger partial charge in [0.25, 0.3) is 0 Å². The molecule has 1 heterocycles. The van der Waals surface area contributed by atoms with Crippen LogP contribution in [-0.2, 0) is 0 Å². The van der Waals surface area contributed by atoms with Crippen LogP contribution in [-0.4, -0.2) is 35.9 Å². The number of aliphatic hydroxyl groups excluding tert-OH is 1. The second-order valence-electron chi connectivity index (χ2n) is 6.57. The highest BCUT2D eigenvalue weighted by Crippen LogP contribution is 2.29. The number of aromatic nitrogens is 1. The second kappa shape index (κ2) is 8.87. The standard InChI is InChI=1S/C23H28N2O2/c1-4-20(16-26)27-22-9-7-8-18-12-15-21(24-23(18)22)17-10-13-19(14-11-17)25(5-2)6-3/h7-15,20,26H,4-6,16H2,1-3H3. The zero-order chi connectivity index (χ0) is 19.2. The average Bonchev–Trinajstić information content (AvgIpc) is 2.73. The lowest BCUT2D eigenvalue weighted by molar-refractivity contribution is 0.114. The van der Waals surface area contributed by atoms with Gasteiger partial charge in [0.2, 0.25) is 0 Å². The third kappa shape index (κ3) is 4.22. The first-order chi connectivity index (χ1) is 13.2. The van der Waals surface area contributed by atoms with E-state index >= 15 is 0 Å². The normalized spacial score (nSPS) is 12.1. The maximum absolute atomic E-state index is 9.45. The minimum absolute atomic E-state index is 0.000598. The molecule has 3 rings (SSSR count). The van der Waals surface area contributed by atoms with Crippen molar-refractivity contribution in [1.29, 1.82) is 0 Å². The Morgan fingerprint density at radius 3 is 2.33 bits per heavy atom. The number of nitrogens with zero attached hydrogens (tertiary/aromatic N) is 2. The smallest absolute Gasteiger partial charge is 0.146 e. The number of ether oxygens (including phenoxy) is 1. The zero-order valence-electron chi connectivity index (χ0n) is 16.4. The second-order valence-corrected chi connectivity index (χ2v) is 6.57. The van der Waals surface area contributed by atoms with Crippen LogP contribution in [0.3, 0.4) is 0 Å². The van der Waals surface area contributed by atoms with Gasteiger partial charge in [0, 0.05) is 29.7 Å². The van der Waals surface area contributed by atoms with E-state index in [-0.39, 0.29) is 12.7 Å². The molecule has 0 aliphatic heterocycles. The maximum Gasteiger partial charge on any atom is 0.146 e. The summed E-state index contributed by atoms with van der Waals surface area (Å²) in [7, 11) is 0. The number of para-hydroxylation sites is 1. The van der Waals surface area contributed by atoms with Crippen molar-refractivity contribution in [3.8, 4) is 17.0 Å². The van der Waals surface area contributed by atoms with Gasteiger partial charge in [-0.3, -0.25) is 0 Å². The van der Waals surface area contributed by atoms with Crippen molar-refractivity contribution in [3.05, 3.63) is 54.6 Å². The molecule has 1 aromatic heterocycles. The molecule has 4 heteroatoms.